The first kappa shape index (κ1) is 29.9. The van der Waals surface area contributed by atoms with Crippen LogP contribution in [0.3, 0.4) is 0 Å². The first-order chi connectivity index (χ1) is 19.6. The number of carbonyl (C=O) groups is 2. The number of likely N-dealkylation sites (tertiary alicyclic amines) is 1. The number of halogens is 1. The van der Waals surface area contributed by atoms with Gasteiger partial charge in [0.2, 0.25) is 0 Å². The summed E-state index contributed by atoms with van der Waals surface area (Å²) in [6, 6.07) is 12.5. The second-order valence-electron chi connectivity index (χ2n) is 12.5. The largest absolute Gasteiger partial charge is 0.452 e. The van der Waals surface area contributed by atoms with Crippen LogP contribution in [0.2, 0.25) is 5.02 Å². The minimum Gasteiger partial charge on any atom is -0.452 e. The molecular formula is C30H35ClN4O6S. The average molecular weight is 615 g/mol. The van der Waals surface area contributed by atoms with Gasteiger partial charge in [-0.05, 0) is 67.3 Å². The van der Waals surface area contributed by atoms with Gasteiger partial charge in [-0.25, -0.2) is 17.9 Å². The minimum absolute atomic E-state index is 0.0278. The van der Waals surface area contributed by atoms with Crippen LogP contribution in [-0.4, -0.2) is 53.8 Å². The van der Waals surface area contributed by atoms with Crippen LogP contribution < -0.4 is 10.3 Å². The van der Waals surface area contributed by atoms with Crippen molar-refractivity contribution in [2.45, 2.75) is 57.9 Å². The van der Waals surface area contributed by atoms with E-state index in [9.17, 15) is 22.8 Å². The van der Waals surface area contributed by atoms with Crippen LogP contribution in [0.4, 0.5) is 5.69 Å². The summed E-state index contributed by atoms with van der Waals surface area (Å²) in [5.74, 6) is -1.20. The summed E-state index contributed by atoms with van der Waals surface area (Å²) in [4.78, 5) is 40.8. The quantitative estimate of drug-likeness (QED) is 0.391. The number of fused-ring (bicyclic) bond motifs is 2. The zero-order valence-electron chi connectivity index (χ0n) is 24.3. The van der Waals surface area contributed by atoms with Crippen molar-refractivity contribution in [2.75, 3.05) is 17.9 Å². The van der Waals surface area contributed by atoms with Crippen LogP contribution in [0, 0.1) is 17.8 Å². The molecule has 2 aromatic carbocycles. The number of carbonyl (C=O) groups excluding carboxylic acids is 2. The lowest BCUT2D eigenvalue weighted by molar-refractivity contribution is -0.135. The molecule has 3 aromatic rings. The van der Waals surface area contributed by atoms with Crippen molar-refractivity contribution in [1.82, 2.24) is 14.3 Å². The molecule has 2 heterocycles. The molecule has 2 atom stereocenters. The molecule has 1 aromatic heterocycles. The van der Waals surface area contributed by atoms with Crippen molar-refractivity contribution in [3.05, 3.63) is 75.2 Å². The molecule has 12 heteroatoms. The van der Waals surface area contributed by atoms with E-state index in [-0.39, 0.29) is 43.9 Å². The van der Waals surface area contributed by atoms with Gasteiger partial charge in [0.05, 0.1) is 26.9 Å². The molecule has 10 nitrogen and oxygen atoms in total. The molecule has 1 aliphatic carbocycles. The Morgan fingerprint density at radius 3 is 2.48 bits per heavy atom. The standard InChI is InChI=1S/C30H35ClN4O6S/c1-19-26(27(37)35(33(19)5)20-9-7-6-8-10-20)32-42(39,40)22-11-12-24(31)23(13-22)28(38)41-16-25(36)34-18-30(4)15-21(34)14-29(2,3)17-30/h6-13,21,32H,14-18H2,1-5H3. The van der Waals surface area contributed by atoms with Crippen LogP contribution in [0.5, 0.6) is 0 Å². The molecule has 0 spiro atoms. The highest BCUT2D eigenvalue weighted by Gasteiger charge is 2.51. The molecule has 2 aliphatic rings. The van der Waals surface area contributed by atoms with Crippen LogP contribution >= 0.6 is 11.6 Å². The maximum Gasteiger partial charge on any atom is 0.340 e. The van der Waals surface area contributed by atoms with E-state index in [1.54, 1.807) is 47.8 Å². The molecule has 1 saturated heterocycles. The highest BCUT2D eigenvalue weighted by Crippen LogP contribution is 2.52. The molecule has 1 N–H and O–H groups in total. The Morgan fingerprint density at radius 1 is 1.10 bits per heavy atom. The number of nitrogens with zero attached hydrogens (tertiary/aromatic N) is 3. The van der Waals surface area contributed by atoms with E-state index in [1.807, 2.05) is 6.07 Å². The average Bonchev–Trinajstić information content (AvgIpc) is 3.29. The topological polar surface area (TPSA) is 120 Å². The molecule has 2 bridgehead atoms. The molecule has 1 aliphatic heterocycles. The van der Waals surface area contributed by atoms with Crippen LogP contribution in [0.25, 0.3) is 5.69 Å². The maximum atomic E-state index is 13.4. The summed E-state index contributed by atoms with van der Waals surface area (Å²) in [7, 11) is -2.66. The van der Waals surface area contributed by atoms with E-state index < -0.39 is 28.2 Å². The lowest BCUT2D eigenvalue weighted by Gasteiger charge is -2.39. The number of rotatable bonds is 7. The zero-order valence-corrected chi connectivity index (χ0v) is 25.9. The Morgan fingerprint density at radius 2 is 1.79 bits per heavy atom. The Labute approximate surface area is 250 Å². The highest BCUT2D eigenvalue weighted by atomic mass is 35.5. The van der Waals surface area contributed by atoms with Gasteiger partial charge in [-0.2, -0.15) is 0 Å². The van der Waals surface area contributed by atoms with Gasteiger partial charge in [0.25, 0.3) is 21.5 Å². The Kier molecular flexibility index (Phi) is 7.55. The van der Waals surface area contributed by atoms with Gasteiger partial charge < -0.3 is 9.64 Å². The summed E-state index contributed by atoms with van der Waals surface area (Å²) in [6.07, 6.45) is 2.83. The van der Waals surface area contributed by atoms with Crippen molar-refractivity contribution in [3.63, 3.8) is 0 Å². The van der Waals surface area contributed by atoms with Crippen LogP contribution in [0.1, 0.15) is 56.1 Å². The van der Waals surface area contributed by atoms with Crippen molar-refractivity contribution in [1.29, 1.82) is 0 Å². The van der Waals surface area contributed by atoms with E-state index in [0.29, 0.717) is 17.9 Å². The van der Waals surface area contributed by atoms with Crippen molar-refractivity contribution >= 4 is 39.2 Å². The zero-order chi connectivity index (χ0) is 30.6. The molecule has 1 saturated carbocycles. The molecular weight excluding hydrogens is 580 g/mol. The second-order valence-corrected chi connectivity index (χ2v) is 14.6. The monoisotopic (exact) mass is 614 g/mol. The normalized spacial score (nSPS) is 21.3. The SMILES string of the molecule is Cc1c(NS(=O)(=O)c2ccc(Cl)c(C(=O)OCC(=O)N3CC4(C)CC3CC(C)(C)C4)c2)c(=O)n(-c2ccccc2)n1C. The number of nitrogens with one attached hydrogen (secondary N) is 1. The van der Waals surface area contributed by atoms with Gasteiger partial charge in [0.15, 0.2) is 6.61 Å². The summed E-state index contributed by atoms with van der Waals surface area (Å²) in [5.41, 5.74) is 0.241. The lowest BCUT2D eigenvalue weighted by atomic mass is 9.65. The number of ether oxygens (including phenoxy) is 1. The fourth-order valence-electron chi connectivity index (χ4n) is 6.75. The van der Waals surface area contributed by atoms with Gasteiger partial charge in [0, 0.05) is 19.6 Å². The predicted molar refractivity (Wildman–Crippen MR) is 160 cm³/mol. The minimum atomic E-state index is -4.31. The third-order valence-electron chi connectivity index (χ3n) is 8.32. The van der Waals surface area contributed by atoms with Gasteiger partial charge in [-0.15, -0.1) is 0 Å². The van der Waals surface area contributed by atoms with E-state index in [2.05, 4.69) is 25.5 Å². The number of anilines is 1. The van der Waals surface area contributed by atoms with E-state index in [0.717, 1.165) is 25.3 Å². The summed E-state index contributed by atoms with van der Waals surface area (Å²) >= 11 is 6.24. The smallest absolute Gasteiger partial charge is 0.340 e. The molecule has 2 unspecified atom stereocenters. The summed E-state index contributed by atoms with van der Waals surface area (Å²) < 4.78 is 37.3. The highest BCUT2D eigenvalue weighted by molar-refractivity contribution is 7.92. The number of hydrogen-bond donors (Lipinski definition) is 1. The van der Waals surface area contributed by atoms with Gasteiger partial charge in [-0.1, -0.05) is 50.6 Å². The van der Waals surface area contributed by atoms with E-state index >= 15 is 0 Å². The Bertz CT molecular complexity index is 1730. The predicted octanol–water partition coefficient (Wildman–Crippen LogP) is 4.52. The Balaban J connectivity index is 1.32. The van der Waals surface area contributed by atoms with Gasteiger partial charge >= 0.3 is 5.97 Å². The molecule has 5 rings (SSSR count). The molecule has 1 amide bonds. The van der Waals surface area contributed by atoms with Crippen LogP contribution in [0.15, 0.2) is 58.2 Å². The summed E-state index contributed by atoms with van der Waals surface area (Å²) in [6.45, 7) is 8.37. The van der Waals surface area contributed by atoms with Crippen LogP contribution in [-0.2, 0) is 26.6 Å². The first-order valence-corrected chi connectivity index (χ1v) is 15.6. The number of para-hydroxylation sites is 1. The fourth-order valence-corrected chi connectivity index (χ4v) is 8.08. The van der Waals surface area contributed by atoms with E-state index in [4.69, 9.17) is 16.3 Å². The van der Waals surface area contributed by atoms with Gasteiger partial charge in [-0.3, -0.25) is 19.0 Å². The first-order valence-electron chi connectivity index (χ1n) is 13.7. The number of amides is 1. The lowest BCUT2D eigenvalue weighted by Crippen LogP contribution is -2.39. The summed E-state index contributed by atoms with van der Waals surface area (Å²) in [5, 5.41) is -0.0278. The molecule has 224 valence electrons. The third kappa shape index (κ3) is 5.59. The van der Waals surface area contributed by atoms with Crippen molar-refractivity contribution < 1.29 is 22.7 Å². The fraction of sp³-hybridized carbons (Fsp3) is 0.433. The van der Waals surface area contributed by atoms with E-state index in [1.165, 1.54) is 16.8 Å². The number of esters is 1. The maximum absolute atomic E-state index is 13.4. The Hall–Kier alpha value is -3.57. The number of sulfonamides is 1. The van der Waals surface area contributed by atoms with Gasteiger partial charge in [0.1, 0.15) is 5.69 Å². The third-order valence-corrected chi connectivity index (χ3v) is 10.00. The molecule has 2 fully saturated rings. The second kappa shape index (κ2) is 10.6. The van der Waals surface area contributed by atoms with Crippen molar-refractivity contribution in [3.8, 4) is 5.69 Å². The number of benzene rings is 2. The van der Waals surface area contributed by atoms with Crippen molar-refractivity contribution in [2.24, 2.45) is 17.9 Å². The molecule has 42 heavy (non-hydrogen) atoms. The number of aromatic nitrogens is 2. The number of hydrogen-bond acceptors (Lipinski definition) is 6. The molecule has 0 radical (unpaired) electrons.